The van der Waals surface area contributed by atoms with Gasteiger partial charge in [-0.2, -0.15) is 0 Å². The zero-order valence-corrected chi connectivity index (χ0v) is 30.0. The molecule has 8 nitrogen and oxygen atoms in total. The van der Waals surface area contributed by atoms with E-state index in [-0.39, 0.29) is 31.8 Å². The molecule has 2 unspecified atom stereocenters. The van der Waals surface area contributed by atoms with E-state index in [0.717, 1.165) is 38.5 Å². The molecule has 2 atom stereocenters. The standard InChI is InChI=1S/C38H73NO7/c1-3-5-7-9-11-13-15-17-19-21-23-25-27-29-36(40)45-32-34(31-44-33-35(39)38(42)43)46-37(41)30-28-26-24-22-20-18-16-14-12-10-8-6-4-2/h34-35H,3-33,39H2,1-2H3,(H,42,43). The first kappa shape index (κ1) is 44.3. The van der Waals surface area contributed by atoms with Crippen molar-refractivity contribution in [1.82, 2.24) is 0 Å². The van der Waals surface area contributed by atoms with Gasteiger partial charge in [-0.25, -0.2) is 0 Å². The van der Waals surface area contributed by atoms with Crippen LogP contribution in [-0.4, -0.2) is 55.0 Å². The lowest BCUT2D eigenvalue weighted by molar-refractivity contribution is -0.163. The summed E-state index contributed by atoms with van der Waals surface area (Å²) < 4.78 is 16.3. The van der Waals surface area contributed by atoms with E-state index >= 15 is 0 Å². The number of unbranched alkanes of at least 4 members (excludes halogenated alkanes) is 24. The van der Waals surface area contributed by atoms with Gasteiger partial charge in [0.2, 0.25) is 0 Å². The van der Waals surface area contributed by atoms with Crippen LogP contribution >= 0.6 is 0 Å². The first-order valence-corrected chi connectivity index (χ1v) is 19.3. The van der Waals surface area contributed by atoms with Crippen molar-refractivity contribution >= 4 is 17.9 Å². The molecule has 0 saturated heterocycles. The van der Waals surface area contributed by atoms with Gasteiger partial charge in [-0.3, -0.25) is 14.4 Å². The number of carbonyl (C=O) groups excluding carboxylic acids is 2. The van der Waals surface area contributed by atoms with Gasteiger partial charge < -0.3 is 25.1 Å². The molecule has 0 aliphatic carbocycles. The summed E-state index contributed by atoms with van der Waals surface area (Å²) >= 11 is 0. The van der Waals surface area contributed by atoms with E-state index in [1.807, 2.05) is 0 Å². The second-order valence-electron chi connectivity index (χ2n) is 13.3. The first-order valence-electron chi connectivity index (χ1n) is 19.3. The number of esters is 2. The van der Waals surface area contributed by atoms with E-state index < -0.39 is 18.1 Å². The summed E-state index contributed by atoms with van der Waals surface area (Å²) in [5, 5.41) is 8.98. The number of ether oxygens (including phenoxy) is 3. The third-order valence-corrected chi connectivity index (χ3v) is 8.62. The number of aliphatic carboxylic acids is 1. The molecular weight excluding hydrogens is 582 g/mol. The Balaban J connectivity index is 4.06. The molecule has 272 valence electrons. The molecule has 0 aromatic rings. The minimum Gasteiger partial charge on any atom is -0.480 e. The molecule has 46 heavy (non-hydrogen) atoms. The molecule has 0 fully saturated rings. The van der Waals surface area contributed by atoms with Crippen LogP contribution in [0.4, 0.5) is 0 Å². The Kier molecular flexibility index (Phi) is 33.4. The van der Waals surface area contributed by atoms with Gasteiger partial charge in [0.1, 0.15) is 12.6 Å². The van der Waals surface area contributed by atoms with Gasteiger partial charge in [0, 0.05) is 12.8 Å². The fourth-order valence-electron chi connectivity index (χ4n) is 5.59. The molecule has 8 heteroatoms. The number of nitrogens with two attached hydrogens (primary N) is 1. The number of hydrogen-bond acceptors (Lipinski definition) is 7. The predicted octanol–water partition coefficient (Wildman–Crippen LogP) is 9.83. The van der Waals surface area contributed by atoms with Gasteiger partial charge in [-0.1, -0.05) is 168 Å². The van der Waals surface area contributed by atoms with E-state index in [1.165, 1.54) is 128 Å². The second kappa shape index (κ2) is 34.7. The molecule has 0 rings (SSSR count). The zero-order chi connectivity index (χ0) is 33.9. The van der Waals surface area contributed by atoms with Crippen molar-refractivity contribution in [2.45, 2.75) is 206 Å². The van der Waals surface area contributed by atoms with Crippen LogP contribution in [0.2, 0.25) is 0 Å². The third kappa shape index (κ3) is 32.3. The molecular formula is C38H73NO7. The summed E-state index contributed by atoms with van der Waals surface area (Å²) in [4.78, 5) is 35.8. The van der Waals surface area contributed by atoms with Gasteiger partial charge in [0.15, 0.2) is 6.10 Å². The van der Waals surface area contributed by atoms with E-state index in [4.69, 9.17) is 25.1 Å². The lowest BCUT2D eigenvalue weighted by Gasteiger charge is -2.19. The lowest BCUT2D eigenvalue weighted by atomic mass is 10.0. The summed E-state index contributed by atoms with van der Waals surface area (Å²) in [6.45, 7) is 4.11. The number of carboxylic acid groups (broad SMARTS) is 1. The summed E-state index contributed by atoms with van der Waals surface area (Å²) in [5.74, 6) is -1.84. The highest BCUT2D eigenvalue weighted by atomic mass is 16.6. The van der Waals surface area contributed by atoms with E-state index in [1.54, 1.807) is 0 Å². The van der Waals surface area contributed by atoms with Crippen LogP contribution in [0.15, 0.2) is 0 Å². The van der Waals surface area contributed by atoms with E-state index in [2.05, 4.69) is 13.8 Å². The highest BCUT2D eigenvalue weighted by Gasteiger charge is 2.19. The van der Waals surface area contributed by atoms with Crippen LogP contribution in [0.25, 0.3) is 0 Å². The van der Waals surface area contributed by atoms with Crippen molar-refractivity contribution in [3.8, 4) is 0 Å². The Bertz CT molecular complexity index is 703. The van der Waals surface area contributed by atoms with Crippen LogP contribution in [0.1, 0.15) is 194 Å². The molecule has 0 radical (unpaired) electrons. The van der Waals surface area contributed by atoms with Crippen molar-refractivity contribution < 1.29 is 33.7 Å². The SMILES string of the molecule is CCCCCCCCCCCCCCCC(=O)OCC(COCC(N)C(=O)O)OC(=O)CCCCCCCCCCCCCCC. The van der Waals surface area contributed by atoms with E-state index in [0.29, 0.717) is 12.8 Å². The zero-order valence-electron chi connectivity index (χ0n) is 30.0. The average molecular weight is 656 g/mol. The van der Waals surface area contributed by atoms with Gasteiger partial charge in [0.25, 0.3) is 0 Å². The molecule has 0 heterocycles. The number of hydrogen-bond donors (Lipinski definition) is 2. The second-order valence-corrected chi connectivity index (χ2v) is 13.3. The quantitative estimate of drug-likeness (QED) is 0.0505. The maximum absolute atomic E-state index is 12.5. The summed E-state index contributed by atoms with van der Waals surface area (Å²) in [6, 6.07) is -1.17. The average Bonchev–Trinajstić information content (AvgIpc) is 3.04. The summed E-state index contributed by atoms with van der Waals surface area (Å²) in [7, 11) is 0. The molecule has 0 aliphatic heterocycles. The van der Waals surface area contributed by atoms with Crippen molar-refractivity contribution in [3.63, 3.8) is 0 Å². The molecule has 0 saturated carbocycles. The fourth-order valence-corrected chi connectivity index (χ4v) is 5.59. The Morgan fingerprint density at radius 2 is 0.848 bits per heavy atom. The van der Waals surface area contributed by atoms with Crippen molar-refractivity contribution in [2.24, 2.45) is 5.73 Å². The normalized spacial score (nSPS) is 12.6. The highest BCUT2D eigenvalue weighted by molar-refractivity contribution is 5.73. The Morgan fingerprint density at radius 1 is 0.500 bits per heavy atom. The molecule has 0 aromatic heterocycles. The number of carbonyl (C=O) groups is 3. The maximum atomic E-state index is 12.5. The Morgan fingerprint density at radius 3 is 1.22 bits per heavy atom. The molecule has 0 aromatic carbocycles. The van der Waals surface area contributed by atoms with Crippen molar-refractivity contribution in [2.75, 3.05) is 19.8 Å². The predicted molar refractivity (Wildman–Crippen MR) is 188 cm³/mol. The molecule has 0 spiro atoms. The lowest BCUT2D eigenvalue weighted by Crippen LogP contribution is -2.37. The summed E-state index contributed by atoms with van der Waals surface area (Å²) in [5.41, 5.74) is 5.51. The van der Waals surface area contributed by atoms with Crippen LogP contribution in [0.3, 0.4) is 0 Å². The third-order valence-electron chi connectivity index (χ3n) is 8.62. The van der Waals surface area contributed by atoms with Crippen molar-refractivity contribution in [3.05, 3.63) is 0 Å². The molecule has 0 amide bonds. The Hall–Kier alpha value is -1.67. The van der Waals surface area contributed by atoms with Gasteiger partial charge in [-0.05, 0) is 12.8 Å². The maximum Gasteiger partial charge on any atom is 0.322 e. The first-order chi connectivity index (χ1) is 22.4. The molecule has 0 aliphatic rings. The minimum absolute atomic E-state index is 0.0721. The molecule has 3 N–H and O–H groups in total. The Labute approximate surface area is 282 Å². The topological polar surface area (TPSA) is 125 Å². The van der Waals surface area contributed by atoms with Crippen molar-refractivity contribution in [1.29, 1.82) is 0 Å². The van der Waals surface area contributed by atoms with Crippen LogP contribution < -0.4 is 5.73 Å². The van der Waals surface area contributed by atoms with Crippen LogP contribution in [0.5, 0.6) is 0 Å². The van der Waals surface area contributed by atoms with Gasteiger partial charge in [-0.15, -0.1) is 0 Å². The summed E-state index contributed by atoms with van der Waals surface area (Å²) in [6.07, 6.45) is 32.0. The van der Waals surface area contributed by atoms with Gasteiger partial charge >= 0.3 is 17.9 Å². The number of rotatable bonds is 36. The monoisotopic (exact) mass is 656 g/mol. The van der Waals surface area contributed by atoms with E-state index in [9.17, 15) is 14.4 Å². The van der Waals surface area contributed by atoms with Crippen LogP contribution in [-0.2, 0) is 28.6 Å². The number of carboxylic acids is 1. The minimum atomic E-state index is -1.17. The van der Waals surface area contributed by atoms with Crippen LogP contribution in [0, 0.1) is 0 Å². The highest BCUT2D eigenvalue weighted by Crippen LogP contribution is 2.15. The smallest absolute Gasteiger partial charge is 0.322 e. The fraction of sp³-hybridized carbons (Fsp3) is 0.921. The largest absolute Gasteiger partial charge is 0.480 e. The molecule has 0 bridgehead atoms. The van der Waals surface area contributed by atoms with Gasteiger partial charge in [0.05, 0.1) is 13.2 Å².